The molecular weight excluding hydrogens is 480 g/mol. The largest absolute Gasteiger partial charge is 0.506 e. The number of halogens is 1. The van der Waals surface area contributed by atoms with Crippen molar-refractivity contribution >= 4 is 46.1 Å². The van der Waals surface area contributed by atoms with Crippen LogP contribution < -0.4 is 10.2 Å². The number of phenolic OH excluding ortho intramolecular Hbond substituents is 1. The fourth-order valence-electron chi connectivity index (χ4n) is 4.71. The molecule has 3 aromatic rings. The van der Waals surface area contributed by atoms with E-state index in [1.807, 2.05) is 28.0 Å². The van der Waals surface area contributed by atoms with Crippen molar-refractivity contribution < 1.29 is 14.7 Å². The number of rotatable bonds is 5. The van der Waals surface area contributed by atoms with E-state index in [2.05, 4.69) is 26.1 Å². The molecule has 3 N–H and O–H groups in total. The number of nitrogens with zero attached hydrogens (tertiary/aromatic N) is 4. The van der Waals surface area contributed by atoms with Crippen LogP contribution in [0.1, 0.15) is 12.0 Å². The zero-order chi connectivity index (χ0) is 25.2. The van der Waals surface area contributed by atoms with Crippen LogP contribution in [-0.2, 0) is 9.59 Å². The Kier molecular flexibility index (Phi) is 6.72. The molecule has 0 radical (unpaired) electrons. The topological polar surface area (TPSA) is 105 Å². The van der Waals surface area contributed by atoms with Gasteiger partial charge in [-0.2, -0.15) is 0 Å². The summed E-state index contributed by atoms with van der Waals surface area (Å²) < 4.78 is 0. The first kappa shape index (κ1) is 24.0. The first-order chi connectivity index (χ1) is 17.4. The molecule has 2 aliphatic heterocycles. The standard InChI is InChI=1S/C26H27ClN6O3/c1-2-17-3-5-21-22(13-17)30-26(29-21)33-11-9-32(10-12-33)24(35)16-31-8-7-18(15-31)25(36)28-19-4-6-23(34)20(27)14-19/h1,3-6,13-14,18,34H,7-12,15-16H2,(H,28,36)(H,29,30)/t18-/m1/s1. The molecule has 0 aliphatic carbocycles. The number of fused-ring (bicyclic) bond motifs is 1. The third-order valence-corrected chi connectivity index (χ3v) is 7.09. The van der Waals surface area contributed by atoms with Gasteiger partial charge in [0.2, 0.25) is 17.8 Å². The van der Waals surface area contributed by atoms with E-state index in [4.69, 9.17) is 18.0 Å². The molecule has 3 heterocycles. The van der Waals surface area contributed by atoms with Crippen molar-refractivity contribution in [3.05, 3.63) is 47.0 Å². The number of aromatic nitrogens is 2. The normalized spacial score (nSPS) is 18.4. The predicted molar refractivity (Wildman–Crippen MR) is 139 cm³/mol. The van der Waals surface area contributed by atoms with Gasteiger partial charge in [-0.15, -0.1) is 6.42 Å². The number of hydrogen-bond donors (Lipinski definition) is 3. The molecule has 2 amide bonds. The first-order valence-corrected chi connectivity index (χ1v) is 12.3. The molecule has 2 aromatic carbocycles. The number of amides is 2. The van der Waals surface area contributed by atoms with Crippen molar-refractivity contribution in [3.63, 3.8) is 0 Å². The number of carbonyl (C=O) groups is 2. The Labute approximate surface area is 214 Å². The lowest BCUT2D eigenvalue weighted by Crippen LogP contribution is -2.51. The summed E-state index contributed by atoms with van der Waals surface area (Å²) in [5, 5.41) is 12.6. The molecule has 36 heavy (non-hydrogen) atoms. The first-order valence-electron chi connectivity index (χ1n) is 11.9. The van der Waals surface area contributed by atoms with Crippen molar-refractivity contribution in [1.82, 2.24) is 19.8 Å². The smallest absolute Gasteiger partial charge is 0.236 e. The maximum Gasteiger partial charge on any atom is 0.236 e. The number of benzene rings is 2. The van der Waals surface area contributed by atoms with Gasteiger partial charge in [-0.1, -0.05) is 17.5 Å². The van der Waals surface area contributed by atoms with E-state index in [9.17, 15) is 14.7 Å². The summed E-state index contributed by atoms with van der Waals surface area (Å²) in [6.07, 6.45) is 6.17. The number of carbonyl (C=O) groups excluding carboxylic acids is 2. The number of terminal acetylenes is 1. The predicted octanol–water partition coefficient (Wildman–Crippen LogP) is 2.51. The van der Waals surface area contributed by atoms with Crippen molar-refractivity contribution in [2.24, 2.45) is 5.92 Å². The molecule has 0 unspecified atom stereocenters. The van der Waals surface area contributed by atoms with Crippen LogP contribution in [0.2, 0.25) is 5.02 Å². The lowest BCUT2D eigenvalue weighted by atomic mass is 10.1. The summed E-state index contributed by atoms with van der Waals surface area (Å²) >= 11 is 5.92. The molecule has 10 heteroatoms. The summed E-state index contributed by atoms with van der Waals surface area (Å²) in [4.78, 5) is 39.6. The second-order valence-corrected chi connectivity index (χ2v) is 9.59. The highest BCUT2D eigenvalue weighted by Crippen LogP contribution is 2.27. The highest BCUT2D eigenvalue weighted by Gasteiger charge is 2.31. The van der Waals surface area contributed by atoms with Gasteiger partial charge in [0.15, 0.2) is 0 Å². The number of likely N-dealkylation sites (tertiary alicyclic amines) is 1. The lowest BCUT2D eigenvalue weighted by Gasteiger charge is -2.35. The van der Waals surface area contributed by atoms with Crippen LogP contribution in [-0.4, -0.2) is 82.5 Å². The number of phenols is 1. The van der Waals surface area contributed by atoms with Crippen LogP contribution in [0.3, 0.4) is 0 Å². The monoisotopic (exact) mass is 506 g/mol. The van der Waals surface area contributed by atoms with E-state index in [0.29, 0.717) is 57.9 Å². The number of aromatic hydroxyl groups is 1. The number of anilines is 2. The van der Waals surface area contributed by atoms with Crippen LogP contribution in [0.15, 0.2) is 36.4 Å². The molecule has 9 nitrogen and oxygen atoms in total. The molecule has 186 valence electrons. The van der Waals surface area contributed by atoms with Gasteiger partial charge in [0, 0.05) is 44.0 Å². The van der Waals surface area contributed by atoms with Crippen LogP contribution in [0.25, 0.3) is 11.0 Å². The third kappa shape index (κ3) is 5.10. The van der Waals surface area contributed by atoms with Crippen LogP contribution in [0.4, 0.5) is 11.6 Å². The van der Waals surface area contributed by atoms with Gasteiger partial charge < -0.3 is 25.2 Å². The molecule has 0 bridgehead atoms. The average Bonchev–Trinajstić information content (AvgIpc) is 3.53. The number of piperazine rings is 1. The third-order valence-electron chi connectivity index (χ3n) is 6.79. The average molecular weight is 507 g/mol. The molecule has 2 fully saturated rings. The Morgan fingerprint density at radius 3 is 2.72 bits per heavy atom. The summed E-state index contributed by atoms with van der Waals surface area (Å²) in [6, 6.07) is 10.3. The lowest BCUT2D eigenvalue weighted by molar-refractivity contribution is -0.132. The zero-order valence-electron chi connectivity index (χ0n) is 19.7. The van der Waals surface area contributed by atoms with Crippen LogP contribution >= 0.6 is 11.6 Å². The molecule has 0 saturated carbocycles. The van der Waals surface area contributed by atoms with E-state index < -0.39 is 0 Å². The Morgan fingerprint density at radius 2 is 1.97 bits per heavy atom. The van der Waals surface area contributed by atoms with Gasteiger partial charge in [0.05, 0.1) is 28.5 Å². The van der Waals surface area contributed by atoms with E-state index in [1.54, 1.807) is 6.07 Å². The SMILES string of the molecule is C#Cc1ccc2nc(N3CCN(C(=O)CN4CC[C@@H](C(=O)Nc5ccc(O)c(Cl)c5)C4)CC3)[nH]c2c1. The number of H-pyrrole nitrogens is 1. The minimum atomic E-state index is -0.203. The second kappa shape index (κ2) is 10.1. The second-order valence-electron chi connectivity index (χ2n) is 9.18. The highest BCUT2D eigenvalue weighted by atomic mass is 35.5. The molecule has 2 saturated heterocycles. The Balaban J connectivity index is 1.10. The highest BCUT2D eigenvalue weighted by molar-refractivity contribution is 6.32. The number of aromatic amines is 1. The van der Waals surface area contributed by atoms with E-state index in [-0.39, 0.29) is 28.5 Å². The van der Waals surface area contributed by atoms with Crippen molar-refractivity contribution in [3.8, 4) is 18.1 Å². The molecule has 1 aromatic heterocycles. The minimum absolute atomic E-state index is 0.0303. The van der Waals surface area contributed by atoms with Gasteiger partial charge >= 0.3 is 0 Å². The van der Waals surface area contributed by atoms with E-state index in [1.165, 1.54) is 12.1 Å². The zero-order valence-corrected chi connectivity index (χ0v) is 20.5. The Hall–Kier alpha value is -3.74. The Morgan fingerprint density at radius 1 is 1.17 bits per heavy atom. The number of imidazole rings is 1. The van der Waals surface area contributed by atoms with Crippen molar-refractivity contribution in [2.45, 2.75) is 6.42 Å². The van der Waals surface area contributed by atoms with Crippen molar-refractivity contribution in [1.29, 1.82) is 0 Å². The van der Waals surface area contributed by atoms with Crippen molar-refractivity contribution in [2.75, 3.05) is 56.0 Å². The Bertz CT molecular complexity index is 1340. The summed E-state index contributed by atoms with van der Waals surface area (Å²) in [6.45, 7) is 4.13. The maximum absolute atomic E-state index is 12.9. The summed E-state index contributed by atoms with van der Waals surface area (Å²) in [5.74, 6) is 3.15. The molecular formula is C26H27ClN6O3. The minimum Gasteiger partial charge on any atom is -0.506 e. The maximum atomic E-state index is 12.9. The molecule has 5 rings (SSSR count). The summed E-state index contributed by atoms with van der Waals surface area (Å²) in [5.41, 5.74) is 3.11. The summed E-state index contributed by atoms with van der Waals surface area (Å²) in [7, 11) is 0. The fourth-order valence-corrected chi connectivity index (χ4v) is 4.89. The fraction of sp³-hybridized carbons (Fsp3) is 0.346. The van der Waals surface area contributed by atoms with Gasteiger partial charge in [0.25, 0.3) is 0 Å². The van der Waals surface area contributed by atoms with E-state index in [0.717, 1.165) is 22.5 Å². The quantitative estimate of drug-likeness (QED) is 0.363. The van der Waals surface area contributed by atoms with Gasteiger partial charge in [0.1, 0.15) is 5.75 Å². The van der Waals surface area contributed by atoms with Gasteiger partial charge in [-0.05, 0) is 49.4 Å². The number of hydrogen-bond acceptors (Lipinski definition) is 6. The molecule has 2 aliphatic rings. The van der Waals surface area contributed by atoms with Crippen LogP contribution in [0.5, 0.6) is 5.75 Å². The van der Waals surface area contributed by atoms with Gasteiger partial charge in [-0.25, -0.2) is 4.98 Å². The van der Waals surface area contributed by atoms with Crippen LogP contribution in [0, 0.1) is 18.3 Å². The van der Waals surface area contributed by atoms with E-state index >= 15 is 0 Å². The molecule has 1 atom stereocenters. The number of nitrogens with one attached hydrogen (secondary N) is 2. The molecule has 0 spiro atoms. The van der Waals surface area contributed by atoms with Gasteiger partial charge in [-0.3, -0.25) is 14.5 Å².